The van der Waals surface area contributed by atoms with Crippen LogP contribution >= 0.6 is 0 Å². The number of nitrogens with zero attached hydrogens (tertiary/aromatic N) is 3. The molecular weight excluding hydrogens is 222 g/mol. The Labute approximate surface area is 90.4 Å². The standard InChI is InChI=1S/C8H12F2N4O2/c1-3-13-8(11-4-6(9)10)7(14(15)16)5(2)12-13/h6,11H,3-4H2,1-2H3. The second-order valence-corrected chi connectivity index (χ2v) is 3.13. The van der Waals surface area contributed by atoms with Crippen molar-refractivity contribution in [2.45, 2.75) is 26.8 Å². The van der Waals surface area contributed by atoms with Crippen molar-refractivity contribution in [2.24, 2.45) is 0 Å². The van der Waals surface area contributed by atoms with Crippen molar-refractivity contribution in [3.8, 4) is 0 Å². The molecule has 0 saturated carbocycles. The van der Waals surface area contributed by atoms with Crippen LogP contribution in [0.3, 0.4) is 0 Å². The molecule has 0 aromatic carbocycles. The molecule has 1 heterocycles. The molecular formula is C8H12F2N4O2. The van der Waals surface area contributed by atoms with Crippen molar-refractivity contribution in [1.29, 1.82) is 0 Å². The van der Waals surface area contributed by atoms with E-state index in [0.717, 1.165) is 0 Å². The molecule has 0 fully saturated rings. The van der Waals surface area contributed by atoms with Gasteiger partial charge in [-0.2, -0.15) is 5.10 Å². The Morgan fingerprint density at radius 1 is 1.62 bits per heavy atom. The zero-order chi connectivity index (χ0) is 12.3. The highest BCUT2D eigenvalue weighted by atomic mass is 19.3. The van der Waals surface area contributed by atoms with Crippen LogP contribution in [0.25, 0.3) is 0 Å². The van der Waals surface area contributed by atoms with E-state index in [1.165, 1.54) is 11.6 Å². The average molecular weight is 234 g/mol. The number of hydrogen-bond donors (Lipinski definition) is 1. The van der Waals surface area contributed by atoms with Crippen LogP contribution in [-0.2, 0) is 6.54 Å². The summed E-state index contributed by atoms with van der Waals surface area (Å²) >= 11 is 0. The molecule has 8 heteroatoms. The summed E-state index contributed by atoms with van der Waals surface area (Å²) in [7, 11) is 0. The van der Waals surface area contributed by atoms with E-state index in [1.807, 2.05) is 0 Å². The molecule has 1 rings (SSSR count). The zero-order valence-corrected chi connectivity index (χ0v) is 8.91. The van der Waals surface area contributed by atoms with E-state index >= 15 is 0 Å². The van der Waals surface area contributed by atoms with Gasteiger partial charge in [0.2, 0.25) is 5.82 Å². The van der Waals surface area contributed by atoms with Gasteiger partial charge in [0, 0.05) is 6.54 Å². The van der Waals surface area contributed by atoms with E-state index in [1.54, 1.807) is 6.92 Å². The topological polar surface area (TPSA) is 73.0 Å². The maximum atomic E-state index is 12.0. The molecule has 0 bridgehead atoms. The molecule has 0 radical (unpaired) electrons. The Morgan fingerprint density at radius 3 is 2.69 bits per heavy atom. The lowest BCUT2D eigenvalue weighted by Crippen LogP contribution is -2.14. The number of aryl methyl sites for hydroxylation is 2. The molecule has 0 unspecified atom stereocenters. The number of rotatable bonds is 5. The Hall–Kier alpha value is -1.73. The van der Waals surface area contributed by atoms with E-state index in [-0.39, 0.29) is 17.2 Å². The lowest BCUT2D eigenvalue weighted by molar-refractivity contribution is -0.384. The molecule has 16 heavy (non-hydrogen) atoms. The molecule has 1 aromatic rings. The van der Waals surface area contributed by atoms with Crippen LogP contribution in [0, 0.1) is 17.0 Å². The summed E-state index contributed by atoms with van der Waals surface area (Å²) in [6.45, 7) is 2.94. The molecule has 1 N–H and O–H groups in total. The molecule has 0 aliphatic rings. The van der Waals surface area contributed by atoms with Gasteiger partial charge in [0.1, 0.15) is 5.69 Å². The monoisotopic (exact) mass is 234 g/mol. The third-order valence-corrected chi connectivity index (χ3v) is 2.00. The molecule has 6 nitrogen and oxygen atoms in total. The van der Waals surface area contributed by atoms with Gasteiger partial charge in [0.05, 0.1) is 11.5 Å². The lowest BCUT2D eigenvalue weighted by atomic mass is 10.4. The molecule has 0 aliphatic heterocycles. The zero-order valence-electron chi connectivity index (χ0n) is 8.91. The molecule has 0 saturated heterocycles. The Kier molecular flexibility index (Phi) is 3.75. The van der Waals surface area contributed by atoms with Crippen LogP contribution in [0.15, 0.2) is 0 Å². The van der Waals surface area contributed by atoms with E-state index in [4.69, 9.17) is 0 Å². The van der Waals surface area contributed by atoms with Crippen LogP contribution in [0.1, 0.15) is 12.6 Å². The molecule has 1 aromatic heterocycles. The number of halogens is 2. The predicted octanol–water partition coefficient (Wildman–Crippen LogP) is 1.80. The van der Waals surface area contributed by atoms with E-state index in [2.05, 4.69) is 10.4 Å². The minimum Gasteiger partial charge on any atom is -0.359 e. The smallest absolute Gasteiger partial charge is 0.333 e. The number of hydrogen-bond acceptors (Lipinski definition) is 4. The summed E-state index contributed by atoms with van der Waals surface area (Å²) in [5, 5.41) is 17.0. The Balaban J connectivity index is 3.06. The van der Waals surface area contributed by atoms with Crippen molar-refractivity contribution in [3.63, 3.8) is 0 Å². The van der Waals surface area contributed by atoms with Gasteiger partial charge >= 0.3 is 5.69 Å². The molecule has 0 spiro atoms. The van der Waals surface area contributed by atoms with Crippen LogP contribution in [0.2, 0.25) is 0 Å². The SMILES string of the molecule is CCn1nc(C)c([N+](=O)[O-])c1NCC(F)F. The van der Waals surface area contributed by atoms with Gasteiger partial charge < -0.3 is 5.32 Å². The van der Waals surface area contributed by atoms with Crippen molar-refractivity contribution < 1.29 is 13.7 Å². The summed E-state index contributed by atoms with van der Waals surface area (Å²) < 4.78 is 25.4. The average Bonchev–Trinajstić information content (AvgIpc) is 2.51. The van der Waals surface area contributed by atoms with Crippen molar-refractivity contribution >= 4 is 11.5 Å². The Bertz CT molecular complexity index is 392. The van der Waals surface area contributed by atoms with Gasteiger partial charge in [-0.05, 0) is 13.8 Å². The molecule has 0 aliphatic carbocycles. The Morgan fingerprint density at radius 2 is 2.25 bits per heavy atom. The van der Waals surface area contributed by atoms with Crippen LogP contribution in [-0.4, -0.2) is 27.7 Å². The van der Waals surface area contributed by atoms with E-state index in [9.17, 15) is 18.9 Å². The number of aromatic nitrogens is 2. The predicted molar refractivity (Wildman–Crippen MR) is 53.8 cm³/mol. The van der Waals surface area contributed by atoms with Gasteiger partial charge in [-0.3, -0.25) is 10.1 Å². The normalized spacial score (nSPS) is 10.8. The van der Waals surface area contributed by atoms with Crippen molar-refractivity contribution in [3.05, 3.63) is 15.8 Å². The summed E-state index contributed by atoms with van der Waals surface area (Å²) in [5.41, 5.74) is -0.0360. The van der Waals surface area contributed by atoms with Gasteiger partial charge in [0.15, 0.2) is 0 Å². The highest BCUT2D eigenvalue weighted by Crippen LogP contribution is 2.28. The van der Waals surface area contributed by atoms with Crippen LogP contribution in [0.4, 0.5) is 20.3 Å². The maximum Gasteiger partial charge on any atom is 0.333 e. The second kappa shape index (κ2) is 4.86. The van der Waals surface area contributed by atoms with Gasteiger partial charge in [-0.25, -0.2) is 13.5 Å². The fraction of sp³-hybridized carbons (Fsp3) is 0.625. The summed E-state index contributed by atoms with van der Waals surface area (Å²) in [5.74, 6) is 0.0327. The quantitative estimate of drug-likeness (QED) is 0.622. The number of nitrogens with one attached hydrogen (secondary N) is 1. The van der Waals surface area contributed by atoms with Crippen LogP contribution in [0.5, 0.6) is 0 Å². The highest BCUT2D eigenvalue weighted by Gasteiger charge is 2.25. The second-order valence-electron chi connectivity index (χ2n) is 3.13. The summed E-state index contributed by atoms with van der Waals surface area (Å²) in [4.78, 5) is 10.1. The first-order valence-corrected chi connectivity index (χ1v) is 4.71. The minimum absolute atomic E-state index is 0.0327. The molecule has 0 amide bonds. The number of alkyl halides is 2. The lowest BCUT2D eigenvalue weighted by Gasteiger charge is -2.06. The van der Waals surface area contributed by atoms with Gasteiger partial charge in [-0.15, -0.1) is 0 Å². The fourth-order valence-corrected chi connectivity index (χ4v) is 1.37. The van der Waals surface area contributed by atoms with Crippen molar-refractivity contribution in [1.82, 2.24) is 9.78 Å². The van der Waals surface area contributed by atoms with E-state index < -0.39 is 17.9 Å². The highest BCUT2D eigenvalue weighted by molar-refractivity contribution is 5.59. The van der Waals surface area contributed by atoms with E-state index in [0.29, 0.717) is 6.54 Å². The summed E-state index contributed by atoms with van der Waals surface area (Å²) in [6, 6.07) is 0. The largest absolute Gasteiger partial charge is 0.359 e. The first kappa shape index (κ1) is 12.3. The van der Waals surface area contributed by atoms with Gasteiger partial charge in [-0.1, -0.05) is 0 Å². The van der Waals surface area contributed by atoms with Gasteiger partial charge in [0.25, 0.3) is 6.43 Å². The maximum absolute atomic E-state index is 12.0. The van der Waals surface area contributed by atoms with Crippen LogP contribution < -0.4 is 5.32 Å². The van der Waals surface area contributed by atoms with Crippen molar-refractivity contribution in [2.75, 3.05) is 11.9 Å². The third-order valence-electron chi connectivity index (χ3n) is 2.00. The summed E-state index contributed by atoms with van der Waals surface area (Å²) in [6.07, 6.45) is -2.57. The molecule has 0 atom stereocenters. The first-order valence-electron chi connectivity index (χ1n) is 4.71. The fourth-order valence-electron chi connectivity index (χ4n) is 1.37. The number of anilines is 1. The molecule has 90 valence electrons. The minimum atomic E-state index is -2.57. The first-order chi connectivity index (χ1) is 7.47. The number of nitro groups is 1. The third kappa shape index (κ3) is 2.44.